The van der Waals surface area contributed by atoms with Crippen LogP contribution in [0, 0.1) is 6.92 Å². The number of amides is 1. The van der Waals surface area contributed by atoms with Crippen molar-refractivity contribution in [1.82, 2.24) is 15.2 Å². The fourth-order valence-electron chi connectivity index (χ4n) is 1.96. The van der Waals surface area contributed by atoms with Gasteiger partial charge >= 0.3 is 6.09 Å². The Labute approximate surface area is 105 Å². The number of nitrogens with zero attached hydrogens (tertiary/aromatic N) is 2. The minimum Gasteiger partial charge on any atom is -0.453 e. The van der Waals surface area contributed by atoms with Gasteiger partial charge in [0.1, 0.15) is 0 Å². The molecule has 1 aromatic rings. The Hall–Kier alpha value is -1.14. The van der Waals surface area contributed by atoms with E-state index in [2.05, 4.69) is 19.9 Å². The van der Waals surface area contributed by atoms with E-state index in [1.807, 2.05) is 6.92 Å². The Bertz CT molecular complexity index is 405. The van der Waals surface area contributed by atoms with E-state index in [9.17, 15) is 4.79 Å². The van der Waals surface area contributed by atoms with Gasteiger partial charge in [0.15, 0.2) is 0 Å². The number of thiazole rings is 1. The summed E-state index contributed by atoms with van der Waals surface area (Å²) < 4.78 is 4.52. The van der Waals surface area contributed by atoms with Crippen molar-refractivity contribution in [2.75, 3.05) is 26.7 Å². The van der Waals surface area contributed by atoms with Crippen LogP contribution in [-0.2, 0) is 17.7 Å². The summed E-state index contributed by atoms with van der Waals surface area (Å²) in [4.78, 5) is 19.1. The smallest absolute Gasteiger partial charge is 0.406 e. The van der Waals surface area contributed by atoms with E-state index in [4.69, 9.17) is 0 Å². The fraction of sp³-hybridized carbons (Fsp3) is 0.636. The van der Waals surface area contributed by atoms with Gasteiger partial charge in [-0.3, -0.25) is 4.90 Å². The summed E-state index contributed by atoms with van der Waals surface area (Å²) in [6, 6.07) is 0. The number of hydrogen-bond acceptors (Lipinski definition) is 5. The van der Waals surface area contributed by atoms with Crippen LogP contribution in [0.1, 0.15) is 15.6 Å². The Balaban J connectivity index is 1.80. The van der Waals surface area contributed by atoms with Crippen LogP contribution < -0.4 is 5.32 Å². The number of hydrogen-bond donors (Lipinski definition) is 1. The van der Waals surface area contributed by atoms with Gasteiger partial charge in [0.25, 0.3) is 0 Å². The normalized spacial score (nSPS) is 15.4. The number of nitrogens with one attached hydrogen (secondary N) is 1. The van der Waals surface area contributed by atoms with Crippen LogP contribution in [0.4, 0.5) is 4.79 Å². The van der Waals surface area contributed by atoms with Gasteiger partial charge in [-0.2, -0.15) is 0 Å². The van der Waals surface area contributed by atoms with Gasteiger partial charge in [0.2, 0.25) is 0 Å². The monoisotopic (exact) mass is 255 g/mol. The second kappa shape index (κ2) is 5.46. The molecule has 0 radical (unpaired) electrons. The number of carbonyl (C=O) groups excluding carboxylic acids is 1. The summed E-state index contributed by atoms with van der Waals surface area (Å²) in [6.07, 6.45) is 0.647. The topological polar surface area (TPSA) is 54.5 Å². The quantitative estimate of drug-likeness (QED) is 0.881. The standard InChI is InChI=1S/C11H17N3O2S/c1-8-13-9-3-5-14(7-10(9)17-8)6-4-12-11(15)16-2/h3-7H2,1-2H3,(H,12,15). The zero-order chi connectivity index (χ0) is 12.3. The molecule has 2 rings (SSSR count). The molecule has 1 N–H and O–H groups in total. The zero-order valence-corrected chi connectivity index (χ0v) is 11.0. The van der Waals surface area contributed by atoms with Gasteiger partial charge in [0, 0.05) is 37.5 Å². The first-order valence-electron chi connectivity index (χ1n) is 5.68. The van der Waals surface area contributed by atoms with Crippen LogP contribution in [0.25, 0.3) is 0 Å². The van der Waals surface area contributed by atoms with Gasteiger partial charge in [-0.25, -0.2) is 9.78 Å². The van der Waals surface area contributed by atoms with E-state index in [-0.39, 0.29) is 6.09 Å². The van der Waals surface area contributed by atoms with Crippen molar-refractivity contribution in [1.29, 1.82) is 0 Å². The molecular weight excluding hydrogens is 238 g/mol. The molecule has 0 spiro atoms. The van der Waals surface area contributed by atoms with Crippen LogP contribution in [0.15, 0.2) is 0 Å². The SMILES string of the molecule is COC(=O)NCCN1CCc2nc(C)sc2C1. The predicted octanol–water partition coefficient (Wildman–Crippen LogP) is 1.17. The molecule has 17 heavy (non-hydrogen) atoms. The molecule has 0 unspecified atom stereocenters. The number of alkyl carbamates (subject to hydrolysis) is 1. The molecule has 0 fully saturated rings. The van der Waals surface area contributed by atoms with Crippen LogP contribution >= 0.6 is 11.3 Å². The van der Waals surface area contributed by atoms with Gasteiger partial charge in [-0.1, -0.05) is 0 Å². The highest BCUT2D eigenvalue weighted by Crippen LogP contribution is 2.24. The first-order chi connectivity index (χ1) is 8.19. The first-order valence-corrected chi connectivity index (χ1v) is 6.50. The lowest BCUT2D eigenvalue weighted by atomic mass is 10.2. The molecule has 0 saturated carbocycles. The third kappa shape index (κ3) is 3.17. The summed E-state index contributed by atoms with van der Waals surface area (Å²) >= 11 is 1.77. The summed E-state index contributed by atoms with van der Waals surface area (Å²) in [5.74, 6) is 0. The highest BCUT2D eigenvalue weighted by Gasteiger charge is 2.19. The molecule has 1 aromatic heterocycles. The molecular formula is C11H17N3O2S. The molecule has 2 heterocycles. The van der Waals surface area contributed by atoms with Crippen molar-refractivity contribution in [2.45, 2.75) is 19.9 Å². The molecule has 0 saturated heterocycles. The Morgan fingerprint density at radius 3 is 3.24 bits per heavy atom. The van der Waals surface area contributed by atoms with Crippen LogP contribution in [0.5, 0.6) is 0 Å². The number of ether oxygens (including phenoxy) is 1. The zero-order valence-electron chi connectivity index (χ0n) is 10.2. The fourth-order valence-corrected chi connectivity index (χ4v) is 2.98. The second-order valence-corrected chi connectivity index (χ2v) is 5.34. The van der Waals surface area contributed by atoms with E-state index in [1.54, 1.807) is 11.3 Å². The molecule has 94 valence electrons. The maximum absolute atomic E-state index is 10.9. The molecule has 0 aromatic carbocycles. The van der Waals surface area contributed by atoms with Gasteiger partial charge in [-0.15, -0.1) is 11.3 Å². The van der Waals surface area contributed by atoms with Crippen molar-refractivity contribution in [3.63, 3.8) is 0 Å². The average Bonchev–Trinajstić information content (AvgIpc) is 2.68. The largest absolute Gasteiger partial charge is 0.453 e. The highest BCUT2D eigenvalue weighted by atomic mass is 32.1. The third-order valence-electron chi connectivity index (χ3n) is 2.80. The van der Waals surface area contributed by atoms with Gasteiger partial charge in [-0.05, 0) is 6.92 Å². The van der Waals surface area contributed by atoms with Crippen molar-refractivity contribution < 1.29 is 9.53 Å². The van der Waals surface area contributed by atoms with Crippen molar-refractivity contribution >= 4 is 17.4 Å². The summed E-state index contributed by atoms with van der Waals surface area (Å²) in [7, 11) is 1.38. The van der Waals surface area contributed by atoms with Crippen LogP contribution in [0.2, 0.25) is 0 Å². The van der Waals surface area contributed by atoms with Crippen molar-refractivity contribution in [3.8, 4) is 0 Å². The number of methoxy groups -OCH3 is 1. The molecule has 6 heteroatoms. The minimum absolute atomic E-state index is 0.365. The minimum atomic E-state index is -0.365. The molecule has 1 aliphatic heterocycles. The molecule has 0 bridgehead atoms. The number of fused-ring (bicyclic) bond motifs is 1. The van der Waals surface area contributed by atoms with E-state index in [0.717, 1.165) is 31.1 Å². The van der Waals surface area contributed by atoms with Crippen molar-refractivity contribution in [2.24, 2.45) is 0 Å². The second-order valence-electron chi connectivity index (χ2n) is 4.05. The number of aromatic nitrogens is 1. The van der Waals surface area contributed by atoms with Crippen LogP contribution in [0.3, 0.4) is 0 Å². The number of rotatable bonds is 3. The summed E-state index contributed by atoms with van der Waals surface area (Å²) in [6.45, 7) is 5.49. The summed E-state index contributed by atoms with van der Waals surface area (Å²) in [5, 5.41) is 3.84. The number of carbonyl (C=O) groups is 1. The molecule has 5 nitrogen and oxygen atoms in total. The first kappa shape index (κ1) is 12.3. The Morgan fingerprint density at radius 1 is 1.65 bits per heavy atom. The highest BCUT2D eigenvalue weighted by molar-refractivity contribution is 7.11. The predicted molar refractivity (Wildman–Crippen MR) is 66.2 cm³/mol. The molecule has 0 atom stereocenters. The van der Waals surface area contributed by atoms with E-state index < -0.39 is 0 Å². The average molecular weight is 255 g/mol. The summed E-state index contributed by atoms with van der Waals surface area (Å²) in [5.41, 5.74) is 1.25. The molecule has 1 aliphatic rings. The van der Waals surface area contributed by atoms with Crippen molar-refractivity contribution in [3.05, 3.63) is 15.6 Å². The maximum Gasteiger partial charge on any atom is 0.406 e. The van der Waals surface area contributed by atoms with Gasteiger partial charge in [0.05, 0.1) is 17.8 Å². The molecule has 0 aliphatic carbocycles. The lowest BCUT2D eigenvalue weighted by Crippen LogP contribution is -2.37. The van der Waals surface area contributed by atoms with Crippen LogP contribution in [-0.4, -0.2) is 42.7 Å². The Morgan fingerprint density at radius 2 is 2.47 bits per heavy atom. The third-order valence-corrected chi connectivity index (χ3v) is 3.80. The van der Waals surface area contributed by atoms with Gasteiger partial charge < -0.3 is 10.1 Å². The van der Waals surface area contributed by atoms with E-state index in [0.29, 0.717) is 6.54 Å². The van der Waals surface area contributed by atoms with E-state index >= 15 is 0 Å². The molecule has 1 amide bonds. The Kier molecular flexibility index (Phi) is 3.96. The lowest BCUT2D eigenvalue weighted by molar-refractivity contribution is 0.167. The van der Waals surface area contributed by atoms with E-state index in [1.165, 1.54) is 17.7 Å². The lowest BCUT2D eigenvalue weighted by Gasteiger charge is -2.25. The number of aryl methyl sites for hydroxylation is 1. The maximum atomic E-state index is 10.9.